The molecule has 1 atom stereocenters. The first-order valence-electron chi connectivity index (χ1n) is 10.6. The van der Waals surface area contributed by atoms with Gasteiger partial charge in [-0.1, -0.05) is 11.6 Å². The maximum absolute atomic E-state index is 13.1. The van der Waals surface area contributed by atoms with Crippen molar-refractivity contribution in [3.8, 4) is 0 Å². The zero-order chi connectivity index (χ0) is 27.2. The minimum atomic E-state index is -5.46. The molecule has 3 heterocycles. The number of amides is 1. The number of ether oxygens (including phenoxy) is 1. The minimum absolute atomic E-state index is 0.0352. The van der Waals surface area contributed by atoms with Gasteiger partial charge in [0.1, 0.15) is 12.6 Å². The second kappa shape index (κ2) is 12.0. The monoisotopic (exact) mass is 580 g/mol. The van der Waals surface area contributed by atoms with Crippen LogP contribution in [0.2, 0.25) is 4.34 Å². The van der Waals surface area contributed by atoms with Crippen molar-refractivity contribution < 1.29 is 40.7 Å². The molecule has 0 aromatic carbocycles. The summed E-state index contributed by atoms with van der Waals surface area (Å²) >= 11 is 6.88. The highest BCUT2D eigenvalue weighted by atomic mass is 35.5. The molecule has 1 fully saturated rings. The van der Waals surface area contributed by atoms with Gasteiger partial charge < -0.3 is 15.0 Å². The van der Waals surface area contributed by atoms with Gasteiger partial charge in [0.2, 0.25) is 15.9 Å². The summed E-state index contributed by atoms with van der Waals surface area (Å²) < 4.78 is 68.2. The van der Waals surface area contributed by atoms with Gasteiger partial charge in [-0.3, -0.25) is 14.6 Å². The smallest absolute Gasteiger partial charge is 0.385 e. The molecule has 10 nitrogen and oxygen atoms in total. The molecule has 0 bridgehead atoms. The average Bonchev–Trinajstić information content (AvgIpc) is 3.41. The van der Waals surface area contributed by atoms with Crippen molar-refractivity contribution in [2.75, 3.05) is 31.5 Å². The fourth-order valence-electron chi connectivity index (χ4n) is 3.36. The molecule has 0 radical (unpaired) electrons. The molecule has 2 aromatic heterocycles. The molecule has 2 aromatic rings. The number of aromatic nitrogens is 1. The summed E-state index contributed by atoms with van der Waals surface area (Å²) in [7, 11) is -4.53. The molecule has 37 heavy (non-hydrogen) atoms. The Morgan fingerprint density at radius 1 is 1.27 bits per heavy atom. The number of thiophene rings is 1. The van der Waals surface area contributed by atoms with Crippen molar-refractivity contribution in [1.82, 2.24) is 14.2 Å². The summed E-state index contributed by atoms with van der Waals surface area (Å²) in [6, 6.07) is 5.08. The number of carbonyl (C=O) groups excluding carboxylic acids is 3. The van der Waals surface area contributed by atoms with E-state index in [-0.39, 0.29) is 19.5 Å². The first-order valence-corrected chi connectivity index (χ1v) is 13.3. The highest BCUT2D eigenvalue weighted by Crippen LogP contribution is 2.25. The van der Waals surface area contributed by atoms with Crippen LogP contribution in [0.5, 0.6) is 0 Å². The van der Waals surface area contributed by atoms with Gasteiger partial charge in [-0.15, -0.1) is 11.3 Å². The Bertz CT molecular complexity index is 1270. The molecule has 1 amide bonds. The molecule has 1 unspecified atom stereocenters. The Morgan fingerprint density at radius 2 is 1.97 bits per heavy atom. The van der Waals surface area contributed by atoms with Gasteiger partial charge in [-0.25, -0.2) is 13.2 Å². The van der Waals surface area contributed by atoms with Gasteiger partial charge in [0.15, 0.2) is 0 Å². The summed E-state index contributed by atoms with van der Waals surface area (Å²) in [6.45, 7) is -0.643. The largest absolute Gasteiger partial charge is 0.491 e. The first kappa shape index (κ1) is 28.6. The van der Waals surface area contributed by atoms with Crippen LogP contribution in [0.25, 0.3) is 6.08 Å². The van der Waals surface area contributed by atoms with Gasteiger partial charge in [0, 0.05) is 48.0 Å². The SMILES string of the molecule is O=C(CN(C1CCN(CCNc2ccncc2)C1=O)S(=O)(=O)C=Cc1ccc(Cl)s1)OC(=O)C(F)(F)F. The second-order valence-corrected chi connectivity index (χ2v) is 11.1. The number of rotatable bonds is 10. The van der Waals surface area contributed by atoms with Crippen LogP contribution in [0.1, 0.15) is 11.3 Å². The minimum Gasteiger partial charge on any atom is -0.385 e. The van der Waals surface area contributed by atoms with E-state index in [1.807, 2.05) is 0 Å². The third kappa shape index (κ3) is 7.99. The van der Waals surface area contributed by atoms with E-state index in [2.05, 4.69) is 15.0 Å². The van der Waals surface area contributed by atoms with E-state index < -0.39 is 46.6 Å². The van der Waals surface area contributed by atoms with E-state index in [4.69, 9.17) is 11.6 Å². The van der Waals surface area contributed by atoms with E-state index >= 15 is 0 Å². The van der Waals surface area contributed by atoms with Crippen molar-refractivity contribution in [3.63, 3.8) is 0 Å². The van der Waals surface area contributed by atoms with Crippen molar-refractivity contribution in [3.05, 3.63) is 51.3 Å². The van der Waals surface area contributed by atoms with Crippen LogP contribution in [0, 0.1) is 0 Å². The van der Waals surface area contributed by atoms with Gasteiger partial charge in [-0.05, 0) is 36.8 Å². The normalized spacial score (nSPS) is 16.5. The number of carbonyl (C=O) groups is 3. The highest BCUT2D eigenvalue weighted by Gasteiger charge is 2.45. The van der Waals surface area contributed by atoms with Crippen molar-refractivity contribution in [2.45, 2.75) is 18.6 Å². The van der Waals surface area contributed by atoms with Crippen LogP contribution in [-0.2, 0) is 29.1 Å². The van der Waals surface area contributed by atoms with Gasteiger partial charge in [-0.2, -0.15) is 17.5 Å². The standard InChI is InChI=1S/C21H20ClF3N4O6S2/c22-17-2-1-15(36-17)6-12-37(33,34)29(13-18(30)35-20(32)21(23,24)25)16-5-10-28(19(16)31)11-9-27-14-3-7-26-8-4-14/h1-4,6-8,12,16H,5,9-11,13H2,(H,26,27). The number of hydrogen-bond donors (Lipinski definition) is 1. The molecule has 1 aliphatic heterocycles. The number of sulfonamides is 1. The average molecular weight is 581 g/mol. The van der Waals surface area contributed by atoms with E-state index in [0.717, 1.165) is 17.0 Å². The summed E-state index contributed by atoms with van der Waals surface area (Å²) in [5.74, 6) is -5.22. The number of nitrogens with one attached hydrogen (secondary N) is 1. The van der Waals surface area contributed by atoms with Crippen LogP contribution in [0.15, 0.2) is 42.1 Å². The van der Waals surface area contributed by atoms with Crippen LogP contribution in [0.4, 0.5) is 18.9 Å². The Hall–Kier alpha value is -3.01. The molecule has 1 saturated heterocycles. The molecule has 200 valence electrons. The quantitative estimate of drug-likeness (QED) is 0.336. The number of anilines is 1. The predicted octanol–water partition coefficient (Wildman–Crippen LogP) is 2.74. The zero-order valence-corrected chi connectivity index (χ0v) is 21.2. The van der Waals surface area contributed by atoms with E-state index in [1.165, 1.54) is 23.1 Å². The number of alkyl halides is 3. The third-order valence-electron chi connectivity index (χ3n) is 5.06. The van der Waals surface area contributed by atoms with E-state index in [9.17, 15) is 36.0 Å². The molecule has 1 aliphatic rings. The Balaban J connectivity index is 1.75. The number of nitrogens with zero attached hydrogens (tertiary/aromatic N) is 3. The number of esters is 2. The van der Waals surface area contributed by atoms with Gasteiger partial charge in [0.05, 0.1) is 4.34 Å². The van der Waals surface area contributed by atoms with Crippen LogP contribution in [-0.4, -0.2) is 78.8 Å². The molecule has 0 aliphatic carbocycles. The van der Waals surface area contributed by atoms with Gasteiger partial charge in [0.25, 0.3) is 0 Å². The van der Waals surface area contributed by atoms with Gasteiger partial charge >= 0.3 is 18.1 Å². The fourth-order valence-corrected chi connectivity index (χ4v) is 5.72. The van der Waals surface area contributed by atoms with E-state index in [0.29, 0.717) is 25.5 Å². The molecule has 0 saturated carbocycles. The second-order valence-electron chi connectivity index (χ2n) is 7.59. The molecule has 0 spiro atoms. The van der Waals surface area contributed by atoms with Crippen LogP contribution in [0.3, 0.4) is 0 Å². The Kier molecular flexibility index (Phi) is 9.28. The van der Waals surface area contributed by atoms with Crippen molar-refractivity contribution >= 4 is 62.6 Å². The maximum Gasteiger partial charge on any atom is 0.491 e. The Morgan fingerprint density at radius 3 is 2.59 bits per heavy atom. The highest BCUT2D eigenvalue weighted by molar-refractivity contribution is 7.92. The maximum atomic E-state index is 13.1. The zero-order valence-electron chi connectivity index (χ0n) is 18.9. The number of hydrogen-bond acceptors (Lipinski definition) is 9. The van der Waals surface area contributed by atoms with Crippen LogP contribution < -0.4 is 5.32 Å². The fraction of sp³-hybridized carbons (Fsp3) is 0.333. The summed E-state index contributed by atoms with van der Waals surface area (Å²) in [4.78, 5) is 41.8. The van der Waals surface area contributed by atoms with Crippen molar-refractivity contribution in [2.24, 2.45) is 0 Å². The lowest BCUT2D eigenvalue weighted by Gasteiger charge is -2.25. The van der Waals surface area contributed by atoms with Crippen LogP contribution >= 0.6 is 22.9 Å². The topological polar surface area (TPSA) is 126 Å². The Labute approximate surface area is 218 Å². The molecular formula is C21H20ClF3N4O6S2. The van der Waals surface area contributed by atoms with E-state index in [1.54, 1.807) is 24.5 Å². The molecule has 1 N–H and O–H groups in total. The summed E-state index contributed by atoms with van der Waals surface area (Å²) in [5.41, 5.74) is 0.748. The number of halogens is 4. The van der Waals surface area contributed by atoms with Crippen molar-refractivity contribution in [1.29, 1.82) is 0 Å². The molecule has 3 rings (SSSR count). The summed E-state index contributed by atoms with van der Waals surface area (Å²) in [6.07, 6.45) is -1.18. The lowest BCUT2D eigenvalue weighted by molar-refractivity contribution is -0.201. The predicted molar refractivity (Wildman–Crippen MR) is 129 cm³/mol. The summed E-state index contributed by atoms with van der Waals surface area (Å²) in [5, 5.41) is 3.77. The number of likely N-dealkylation sites (tertiary alicyclic amines) is 1. The lowest BCUT2D eigenvalue weighted by atomic mass is 10.2. The third-order valence-corrected chi connectivity index (χ3v) is 7.77. The molecular weight excluding hydrogens is 561 g/mol. The lowest BCUT2D eigenvalue weighted by Crippen LogP contribution is -2.48. The first-order chi connectivity index (χ1) is 17.4. The molecule has 16 heteroatoms. The number of pyridine rings is 1.